The van der Waals surface area contributed by atoms with Crippen LogP contribution in [0, 0.1) is 0 Å². The fraction of sp³-hybridized carbons (Fsp3) is 0.462. The molecular formula is C13H17NO3. The molecule has 1 N–H and O–H groups in total. The van der Waals surface area contributed by atoms with E-state index in [9.17, 15) is 4.79 Å². The molecule has 4 heteroatoms. The lowest BCUT2D eigenvalue weighted by Crippen LogP contribution is -2.52. The van der Waals surface area contributed by atoms with Crippen molar-refractivity contribution >= 4 is 11.7 Å². The molecule has 0 bridgehead atoms. The lowest BCUT2D eigenvalue weighted by atomic mass is 9.91. The van der Waals surface area contributed by atoms with Gasteiger partial charge in [-0.25, -0.2) is 4.79 Å². The van der Waals surface area contributed by atoms with Crippen molar-refractivity contribution in [3.8, 4) is 0 Å². The average Bonchev–Trinajstić information content (AvgIpc) is 2.72. The van der Waals surface area contributed by atoms with Crippen LogP contribution in [-0.4, -0.2) is 31.3 Å². The summed E-state index contributed by atoms with van der Waals surface area (Å²) in [5, 5.41) is 3.26. The summed E-state index contributed by atoms with van der Waals surface area (Å²) in [4.78, 5) is 12.0. The van der Waals surface area contributed by atoms with Gasteiger partial charge in [0.1, 0.15) is 0 Å². The SMILES string of the molecule is COC(=O)C1(Nc2ccccc2)CCOC1C. The Morgan fingerprint density at radius 3 is 2.71 bits per heavy atom. The number of carbonyl (C=O) groups is 1. The molecule has 4 nitrogen and oxygen atoms in total. The van der Waals surface area contributed by atoms with Gasteiger partial charge in [0.25, 0.3) is 0 Å². The molecule has 2 unspecified atom stereocenters. The van der Waals surface area contributed by atoms with E-state index in [-0.39, 0.29) is 12.1 Å². The third-order valence-electron chi connectivity index (χ3n) is 3.25. The highest BCUT2D eigenvalue weighted by Gasteiger charge is 2.49. The van der Waals surface area contributed by atoms with Gasteiger partial charge < -0.3 is 14.8 Å². The molecule has 1 aromatic rings. The number of ether oxygens (including phenoxy) is 2. The smallest absolute Gasteiger partial charge is 0.334 e. The van der Waals surface area contributed by atoms with Crippen LogP contribution in [0.1, 0.15) is 13.3 Å². The third-order valence-corrected chi connectivity index (χ3v) is 3.25. The Kier molecular flexibility index (Phi) is 3.33. The number of hydrogen-bond donors (Lipinski definition) is 1. The van der Waals surface area contributed by atoms with Gasteiger partial charge in [0.15, 0.2) is 5.54 Å². The molecule has 0 spiro atoms. The van der Waals surface area contributed by atoms with E-state index in [0.717, 1.165) is 5.69 Å². The predicted molar refractivity (Wildman–Crippen MR) is 64.8 cm³/mol. The van der Waals surface area contributed by atoms with E-state index in [2.05, 4.69) is 5.32 Å². The number of carbonyl (C=O) groups excluding carboxylic acids is 1. The zero-order valence-corrected chi connectivity index (χ0v) is 10.1. The summed E-state index contributed by atoms with van der Waals surface area (Å²) in [7, 11) is 1.40. The van der Waals surface area contributed by atoms with E-state index < -0.39 is 5.54 Å². The minimum Gasteiger partial charge on any atom is -0.467 e. The quantitative estimate of drug-likeness (QED) is 0.812. The highest BCUT2D eigenvalue weighted by molar-refractivity contribution is 5.85. The minimum absolute atomic E-state index is 0.199. The lowest BCUT2D eigenvalue weighted by Gasteiger charge is -2.31. The van der Waals surface area contributed by atoms with Gasteiger partial charge in [-0.2, -0.15) is 0 Å². The highest BCUT2D eigenvalue weighted by Crippen LogP contribution is 2.31. The predicted octanol–water partition coefficient (Wildman–Crippen LogP) is 1.82. The number of nitrogens with one attached hydrogen (secondary N) is 1. The monoisotopic (exact) mass is 235 g/mol. The van der Waals surface area contributed by atoms with Crippen molar-refractivity contribution < 1.29 is 14.3 Å². The summed E-state index contributed by atoms with van der Waals surface area (Å²) in [5.74, 6) is -0.272. The molecule has 92 valence electrons. The Balaban J connectivity index is 2.26. The molecule has 1 fully saturated rings. The molecule has 1 heterocycles. The minimum atomic E-state index is -0.768. The number of methoxy groups -OCH3 is 1. The van der Waals surface area contributed by atoms with Gasteiger partial charge in [0.2, 0.25) is 0 Å². The molecule has 0 radical (unpaired) electrons. The maximum atomic E-state index is 12.0. The maximum absolute atomic E-state index is 12.0. The zero-order valence-electron chi connectivity index (χ0n) is 10.1. The molecule has 1 saturated heterocycles. The normalized spacial score (nSPS) is 27.8. The standard InChI is InChI=1S/C13H17NO3/c1-10-13(8-9-17-10,12(15)16-2)14-11-6-4-3-5-7-11/h3-7,10,14H,8-9H2,1-2H3. The van der Waals surface area contributed by atoms with Gasteiger partial charge in [0.05, 0.1) is 13.2 Å². The summed E-state index contributed by atoms with van der Waals surface area (Å²) in [6.07, 6.45) is 0.422. The van der Waals surface area contributed by atoms with Crippen LogP contribution in [0.4, 0.5) is 5.69 Å². The Bertz CT molecular complexity index is 393. The van der Waals surface area contributed by atoms with Crippen molar-refractivity contribution in [2.45, 2.75) is 25.0 Å². The molecule has 0 aliphatic carbocycles. The number of hydrogen-bond acceptors (Lipinski definition) is 4. The number of esters is 1. The van der Waals surface area contributed by atoms with Crippen LogP contribution >= 0.6 is 0 Å². The number of benzene rings is 1. The van der Waals surface area contributed by atoms with E-state index in [0.29, 0.717) is 13.0 Å². The molecule has 1 aliphatic rings. The van der Waals surface area contributed by atoms with Crippen LogP contribution in [0.15, 0.2) is 30.3 Å². The summed E-state index contributed by atoms with van der Waals surface area (Å²) >= 11 is 0. The van der Waals surface area contributed by atoms with Crippen molar-refractivity contribution in [1.82, 2.24) is 0 Å². The van der Waals surface area contributed by atoms with Gasteiger partial charge in [-0.3, -0.25) is 0 Å². The van der Waals surface area contributed by atoms with Gasteiger partial charge in [-0.15, -0.1) is 0 Å². The van der Waals surface area contributed by atoms with Crippen LogP contribution < -0.4 is 5.32 Å². The van der Waals surface area contributed by atoms with Crippen molar-refractivity contribution in [2.24, 2.45) is 0 Å². The lowest BCUT2D eigenvalue weighted by molar-refractivity contribution is -0.147. The molecule has 2 atom stereocenters. The van der Waals surface area contributed by atoms with Crippen LogP contribution in [0.5, 0.6) is 0 Å². The van der Waals surface area contributed by atoms with Gasteiger partial charge >= 0.3 is 5.97 Å². The molecule has 0 aromatic heterocycles. The Labute approximate surface area is 101 Å². The average molecular weight is 235 g/mol. The van der Waals surface area contributed by atoms with Crippen LogP contribution in [0.3, 0.4) is 0 Å². The highest BCUT2D eigenvalue weighted by atomic mass is 16.5. The molecular weight excluding hydrogens is 218 g/mol. The second-order valence-electron chi connectivity index (χ2n) is 4.22. The molecule has 17 heavy (non-hydrogen) atoms. The first-order valence-corrected chi connectivity index (χ1v) is 5.72. The number of para-hydroxylation sites is 1. The largest absolute Gasteiger partial charge is 0.467 e. The molecule has 1 aliphatic heterocycles. The van der Waals surface area contributed by atoms with Crippen molar-refractivity contribution in [3.63, 3.8) is 0 Å². The van der Waals surface area contributed by atoms with Crippen LogP contribution in [0.25, 0.3) is 0 Å². The molecule has 1 aromatic carbocycles. The second kappa shape index (κ2) is 4.75. The summed E-state index contributed by atoms with van der Waals surface area (Å²) < 4.78 is 10.4. The summed E-state index contributed by atoms with van der Waals surface area (Å²) in [5.41, 5.74) is 0.131. The van der Waals surface area contributed by atoms with Gasteiger partial charge in [-0.1, -0.05) is 18.2 Å². The van der Waals surface area contributed by atoms with E-state index in [4.69, 9.17) is 9.47 Å². The molecule has 0 amide bonds. The van der Waals surface area contributed by atoms with Crippen molar-refractivity contribution in [1.29, 1.82) is 0 Å². The first-order chi connectivity index (χ1) is 8.19. The van der Waals surface area contributed by atoms with E-state index >= 15 is 0 Å². The van der Waals surface area contributed by atoms with E-state index in [1.54, 1.807) is 0 Å². The first-order valence-electron chi connectivity index (χ1n) is 5.72. The molecule has 0 saturated carbocycles. The Morgan fingerprint density at radius 2 is 2.18 bits per heavy atom. The number of rotatable bonds is 3. The number of anilines is 1. The third kappa shape index (κ3) is 2.13. The van der Waals surface area contributed by atoms with E-state index in [1.165, 1.54) is 7.11 Å². The van der Waals surface area contributed by atoms with Crippen molar-refractivity contribution in [3.05, 3.63) is 30.3 Å². The van der Waals surface area contributed by atoms with Crippen molar-refractivity contribution in [2.75, 3.05) is 19.0 Å². The molecule has 2 rings (SSSR count). The van der Waals surface area contributed by atoms with Crippen LogP contribution in [-0.2, 0) is 14.3 Å². The Morgan fingerprint density at radius 1 is 1.47 bits per heavy atom. The summed E-state index contributed by atoms with van der Waals surface area (Å²) in [6, 6.07) is 9.64. The summed E-state index contributed by atoms with van der Waals surface area (Å²) in [6.45, 7) is 2.45. The second-order valence-corrected chi connectivity index (χ2v) is 4.22. The van der Waals surface area contributed by atoms with Gasteiger partial charge in [0, 0.05) is 18.7 Å². The van der Waals surface area contributed by atoms with Crippen LogP contribution in [0.2, 0.25) is 0 Å². The fourth-order valence-electron chi connectivity index (χ4n) is 2.19. The topological polar surface area (TPSA) is 47.6 Å². The zero-order chi connectivity index (χ0) is 12.3. The fourth-order valence-corrected chi connectivity index (χ4v) is 2.19. The maximum Gasteiger partial charge on any atom is 0.334 e. The van der Waals surface area contributed by atoms with E-state index in [1.807, 2.05) is 37.3 Å². The van der Waals surface area contributed by atoms with Gasteiger partial charge in [-0.05, 0) is 19.1 Å². The Hall–Kier alpha value is -1.55. The first kappa shape index (κ1) is 11.9.